The number of benzene rings is 2. The van der Waals surface area contributed by atoms with Crippen molar-refractivity contribution in [3.8, 4) is 0 Å². The second-order valence-corrected chi connectivity index (χ2v) is 10.3. The summed E-state index contributed by atoms with van der Waals surface area (Å²) in [5.41, 5.74) is 5.04. The third kappa shape index (κ3) is 2.41. The predicted octanol–water partition coefficient (Wildman–Crippen LogP) is 4.55. The van der Waals surface area contributed by atoms with Crippen molar-refractivity contribution in [1.29, 1.82) is 0 Å². The molecule has 2 aromatic rings. The topological polar surface area (TPSA) is 46.6 Å². The molecule has 3 unspecified atom stereocenters. The van der Waals surface area contributed by atoms with E-state index in [-0.39, 0.29) is 0 Å². The van der Waals surface area contributed by atoms with Crippen LogP contribution in [0.3, 0.4) is 0 Å². The van der Waals surface area contributed by atoms with Gasteiger partial charge in [-0.25, -0.2) is 9.59 Å². The number of hydrogen-bond donors (Lipinski definition) is 0. The van der Waals surface area contributed by atoms with Crippen LogP contribution in [0.4, 0.5) is 5.69 Å². The van der Waals surface area contributed by atoms with Crippen LogP contribution in [0.15, 0.2) is 54.1 Å². The summed E-state index contributed by atoms with van der Waals surface area (Å²) < 4.78 is 3.27. The summed E-state index contributed by atoms with van der Waals surface area (Å²) >= 11 is 14.9. The highest BCUT2D eigenvalue weighted by molar-refractivity contribution is 8.11. The number of hydrogen-bond acceptors (Lipinski definition) is 5. The van der Waals surface area contributed by atoms with Crippen molar-refractivity contribution in [2.75, 3.05) is 19.0 Å². The fourth-order valence-corrected chi connectivity index (χ4v) is 6.74. The van der Waals surface area contributed by atoms with Crippen LogP contribution < -0.4 is 4.90 Å². The van der Waals surface area contributed by atoms with Gasteiger partial charge in [-0.15, -0.1) is 11.6 Å². The van der Waals surface area contributed by atoms with Gasteiger partial charge < -0.3 is 9.64 Å². The van der Waals surface area contributed by atoms with Gasteiger partial charge in [0.1, 0.15) is 0 Å². The molecule has 0 radical (unpaired) electrons. The van der Waals surface area contributed by atoms with Crippen molar-refractivity contribution in [2.24, 2.45) is 0 Å². The number of allylic oxidation sites excluding steroid dienone is 1. The molecule has 7 heteroatoms. The van der Waals surface area contributed by atoms with Crippen molar-refractivity contribution < 1.29 is 14.3 Å². The molecule has 2 aromatic carbocycles. The third-order valence-corrected chi connectivity index (χ3v) is 8.88. The lowest BCUT2D eigenvalue weighted by atomic mass is 9.77. The van der Waals surface area contributed by atoms with E-state index in [4.69, 9.17) is 27.9 Å². The minimum Gasteiger partial charge on any atom is -0.390 e. The molecule has 0 saturated carbocycles. The Morgan fingerprint density at radius 2 is 1.72 bits per heavy atom. The van der Waals surface area contributed by atoms with Gasteiger partial charge in [-0.2, -0.15) is 0 Å². The Labute approximate surface area is 182 Å². The van der Waals surface area contributed by atoms with Gasteiger partial charge in [-0.3, -0.25) is 0 Å². The van der Waals surface area contributed by atoms with Crippen molar-refractivity contribution in [1.82, 2.24) is 0 Å². The van der Waals surface area contributed by atoms with Gasteiger partial charge in [-0.05, 0) is 40.8 Å². The Balaban J connectivity index is 1.74. The zero-order chi connectivity index (χ0) is 20.6. The number of cyclic esters (lactones) is 2. The normalized spacial score (nSPS) is 30.0. The van der Waals surface area contributed by atoms with Gasteiger partial charge in [0.05, 0.1) is 0 Å². The fourth-order valence-electron chi connectivity index (χ4n) is 4.41. The first-order chi connectivity index (χ1) is 13.8. The molecule has 3 aliphatic rings. The Morgan fingerprint density at radius 3 is 2.41 bits per heavy atom. The van der Waals surface area contributed by atoms with Gasteiger partial charge in [0.15, 0.2) is 4.87 Å². The number of halogens is 2. The van der Waals surface area contributed by atoms with Crippen LogP contribution in [0, 0.1) is 0 Å². The van der Waals surface area contributed by atoms with E-state index in [1.54, 1.807) is 0 Å². The molecular formula is C22H17Cl2NO3S. The van der Waals surface area contributed by atoms with Crippen LogP contribution in [0.25, 0.3) is 4.91 Å². The average Bonchev–Trinajstić information content (AvgIpc) is 3.13. The maximum Gasteiger partial charge on any atom is 0.348 e. The number of nitrogens with zero attached hydrogens (tertiary/aromatic N) is 1. The first kappa shape index (κ1) is 19.0. The zero-order valence-electron chi connectivity index (χ0n) is 15.7. The van der Waals surface area contributed by atoms with Crippen molar-refractivity contribution in [3.63, 3.8) is 0 Å². The Morgan fingerprint density at radius 1 is 1.03 bits per heavy atom. The summed E-state index contributed by atoms with van der Waals surface area (Å²) in [5, 5.41) is 0. The van der Waals surface area contributed by atoms with Crippen LogP contribution in [0.1, 0.15) is 22.6 Å². The smallest absolute Gasteiger partial charge is 0.348 e. The van der Waals surface area contributed by atoms with Crippen LogP contribution in [-0.2, 0) is 20.7 Å². The molecule has 4 nitrogen and oxygen atoms in total. The maximum atomic E-state index is 12.9. The number of alkyl halides is 2. The van der Waals surface area contributed by atoms with E-state index >= 15 is 0 Å². The lowest BCUT2D eigenvalue weighted by Crippen LogP contribution is -2.53. The zero-order valence-corrected chi connectivity index (χ0v) is 18.1. The molecule has 0 N–H and O–H groups in total. The molecule has 148 valence electrons. The van der Waals surface area contributed by atoms with Crippen LogP contribution in [-0.4, -0.2) is 35.1 Å². The summed E-state index contributed by atoms with van der Waals surface area (Å²) in [5.74, 6) is -2.15. The molecule has 1 saturated heterocycles. The molecule has 1 aliphatic carbocycles. The lowest BCUT2D eigenvalue weighted by Gasteiger charge is -2.42. The molecule has 2 heterocycles. The summed E-state index contributed by atoms with van der Waals surface area (Å²) in [6, 6.07) is 15.8. The Hall–Kier alpha value is -1.95. The number of ether oxygens (including phenoxy) is 1. The molecule has 29 heavy (non-hydrogen) atoms. The first-order valence-electron chi connectivity index (χ1n) is 9.19. The number of carbonyl (C=O) groups is 2. The number of thioether (sulfide) groups is 1. The number of esters is 2. The SMILES string of the molecule is CN(C)c1ccc(C2C3=C(SC4(Cl)C(=O)OC(=O)C24Cl)c2ccccc2C3)cc1. The van der Waals surface area contributed by atoms with Crippen molar-refractivity contribution >= 4 is 57.5 Å². The minimum atomic E-state index is -1.72. The Kier molecular flexibility index (Phi) is 4.12. The molecule has 0 bridgehead atoms. The van der Waals surface area contributed by atoms with Gasteiger partial charge in [-0.1, -0.05) is 59.8 Å². The second kappa shape index (κ2) is 6.27. The molecule has 5 rings (SSSR count). The average molecular weight is 446 g/mol. The van der Waals surface area contributed by atoms with Crippen LogP contribution >= 0.6 is 35.0 Å². The first-order valence-corrected chi connectivity index (χ1v) is 10.8. The number of carbonyl (C=O) groups excluding carboxylic acids is 2. The summed E-state index contributed by atoms with van der Waals surface area (Å²) in [7, 11) is 3.92. The van der Waals surface area contributed by atoms with Crippen molar-refractivity contribution in [2.45, 2.75) is 21.4 Å². The standard InChI is InChI=1S/C22H17Cl2NO3S/c1-25(2)14-9-7-12(8-10-14)17-16-11-13-5-3-4-6-15(13)18(16)29-22(24)20(27)28-19(26)21(17,22)23/h3-10,17H,11H2,1-2H3. The van der Waals surface area contributed by atoms with E-state index in [0.29, 0.717) is 6.42 Å². The molecule has 0 amide bonds. The van der Waals surface area contributed by atoms with Gasteiger partial charge >= 0.3 is 11.9 Å². The number of rotatable bonds is 2. The van der Waals surface area contributed by atoms with Gasteiger partial charge in [0.2, 0.25) is 4.21 Å². The van der Waals surface area contributed by atoms with Crippen molar-refractivity contribution in [3.05, 3.63) is 70.8 Å². The highest BCUT2D eigenvalue weighted by Gasteiger charge is 2.75. The van der Waals surface area contributed by atoms with Crippen LogP contribution in [0.5, 0.6) is 0 Å². The molecule has 3 atom stereocenters. The number of fused-ring (bicyclic) bond motifs is 3. The molecule has 0 spiro atoms. The van der Waals surface area contributed by atoms with E-state index in [2.05, 4.69) is 6.07 Å². The molecule has 0 aromatic heterocycles. The highest BCUT2D eigenvalue weighted by atomic mass is 35.5. The van der Waals surface area contributed by atoms with E-state index in [1.165, 1.54) is 0 Å². The second-order valence-electron chi connectivity index (χ2n) is 7.69. The predicted molar refractivity (Wildman–Crippen MR) is 116 cm³/mol. The minimum absolute atomic E-state index is 0.569. The summed E-state index contributed by atoms with van der Waals surface area (Å²) in [6.45, 7) is 0. The van der Waals surface area contributed by atoms with E-state index < -0.39 is 26.9 Å². The summed E-state index contributed by atoms with van der Waals surface area (Å²) in [6.07, 6.45) is 0.654. The number of anilines is 1. The monoisotopic (exact) mass is 445 g/mol. The van der Waals surface area contributed by atoms with Gasteiger partial charge in [0, 0.05) is 30.6 Å². The maximum absolute atomic E-state index is 12.9. The molecule has 1 fully saturated rings. The largest absolute Gasteiger partial charge is 0.390 e. The highest BCUT2D eigenvalue weighted by Crippen LogP contribution is 2.68. The molecular weight excluding hydrogens is 429 g/mol. The third-order valence-electron chi connectivity index (χ3n) is 5.88. The summed E-state index contributed by atoms with van der Waals surface area (Å²) in [4.78, 5) is 26.7. The lowest BCUT2D eigenvalue weighted by molar-refractivity contribution is -0.152. The quantitative estimate of drug-likeness (QED) is 0.385. The fraction of sp³-hybridized carbons (Fsp3) is 0.273. The Bertz CT molecular complexity index is 1100. The van der Waals surface area contributed by atoms with E-state index in [0.717, 1.165) is 44.6 Å². The van der Waals surface area contributed by atoms with E-state index in [1.807, 2.05) is 61.5 Å². The van der Waals surface area contributed by atoms with E-state index in [9.17, 15) is 9.59 Å². The molecule has 2 aliphatic heterocycles. The van der Waals surface area contributed by atoms with Gasteiger partial charge in [0.25, 0.3) is 0 Å². The van der Waals surface area contributed by atoms with Crippen LogP contribution in [0.2, 0.25) is 0 Å².